The summed E-state index contributed by atoms with van der Waals surface area (Å²) >= 11 is 0. The summed E-state index contributed by atoms with van der Waals surface area (Å²) in [5.41, 5.74) is 11.5. The second kappa shape index (κ2) is 13.2. The fourth-order valence-corrected chi connectivity index (χ4v) is 6.53. The van der Waals surface area contributed by atoms with Crippen LogP contribution in [0.2, 0.25) is 0 Å². The lowest BCUT2D eigenvalue weighted by Crippen LogP contribution is -2.13. The predicted octanol–water partition coefficient (Wildman–Crippen LogP) is 13.1. The Balaban J connectivity index is 1.27. The van der Waals surface area contributed by atoms with Gasteiger partial charge in [0.15, 0.2) is 0 Å². The van der Waals surface area contributed by atoms with Crippen LogP contribution in [0.1, 0.15) is 0 Å². The molecule has 0 bridgehead atoms. The topological polar surface area (TPSA) is 6.48 Å². The molecular weight excluding hydrogens is 581 g/mol. The maximum Gasteiger partial charge on any atom is 0.0541 e. The largest absolute Gasteiger partial charge is 0.310 e. The predicted molar refractivity (Wildman–Crippen MR) is 204 cm³/mol. The van der Waals surface area contributed by atoms with E-state index in [2.05, 4.69) is 216 Å². The van der Waals surface area contributed by atoms with Crippen LogP contribution in [0.3, 0.4) is 0 Å². The number of rotatable bonds is 8. The van der Waals surface area contributed by atoms with Crippen LogP contribution < -0.4 is 9.80 Å². The second-order valence-electron chi connectivity index (χ2n) is 11.8. The maximum absolute atomic E-state index is 2.36. The highest BCUT2D eigenvalue weighted by atomic mass is 15.2. The van der Waals surface area contributed by atoms with E-state index >= 15 is 0 Å². The van der Waals surface area contributed by atoms with Crippen molar-refractivity contribution in [2.45, 2.75) is 0 Å². The van der Waals surface area contributed by atoms with Crippen molar-refractivity contribution in [1.82, 2.24) is 0 Å². The van der Waals surface area contributed by atoms with E-state index < -0.39 is 0 Å². The van der Waals surface area contributed by atoms with Gasteiger partial charge in [0.25, 0.3) is 0 Å². The minimum absolute atomic E-state index is 1.11. The molecule has 228 valence electrons. The maximum atomic E-state index is 2.36. The van der Waals surface area contributed by atoms with Gasteiger partial charge in [-0.1, -0.05) is 146 Å². The van der Waals surface area contributed by atoms with Gasteiger partial charge in [-0.3, -0.25) is 0 Å². The molecule has 0 saturated heterocycles. The summed E-state index contributed by atoms with van der Waals surface area (Å²) in [5.74, 6) is 0. The van der Waals surface area contributed by atoms with Gasteiger partial charge in [-0.05, 0) is 82.9 Å². The van der Waals surface area contributed by atoms with Crippen LogP contribution in [0.25, 0.3) is 33.0 Å². The molecule has 0 amide bonds. The van der Waals surface area contributed by atoms with E-state index in [1.54, 1.807) is 0 Å². The van der Waals surface area contributed by atoms with Gasteiger partial charge in [-0.25, -0.2) is 0 Å². The zero-order valence-electron chi connectivity index (χ0n) is 26.5. The molecule has 0 N–H and O–H groups in total. The third-order valence-corrected chi connectivity index (χ3v) is 8.85. The van der Waals surface area contributed by atoms with Crippen molar-refractivity contribution in [3.8, 4) is 22.3 Å². The van der Waals surface area contributed by atoms with Crippen molar-refractivity contribution in [3.63, 3.8) is 0 Å². The normalized spacial score (nSPS) is 10.9. The Morgan fingerprint density at radius 3 is 0.833 bits per heavy atom. The molecule has 48 heavy (non-hydrogen) atoms. The van der Waals surface area contributed by atoms with E-state index in [9.17, 15) is 0 Å². The van der Waals surface area contributed by atoms with Crippen LogP contribution in [0.15, 0.2) is 206 Å². The summed E-state index contributed by atoms with van der Waals surface area (Å²) in [6, 6.07) is 73.4. The lowest BCUT2D eigenvalue weighted by atomic mass is 10.0. The highest BCUT2D eigenvalue weighted by molar-refractivity contribution is 6.07. The lowest BCUT2D eigenvalue weighted by Gasteiger charge is -2.30. The molecule has 0 fully saturated rings. The number of para-hydroxylation sites is 2. The van der Waals surface area contributed by atoms with Gasteiger partial charge in [0.05, 0.1) is 11.4 Å². The smallest absolute Gasteiger partial charge is 0.0541 e. The van der Waals surface area contributed by atoms with Crippen molar-refractivity contribution >= 4 is 44.9 Å². The van der Waals surface area contributed by atoms with Gasteiger partial charge in [0, 0.05) is 33.5 Å². The Bertz CT molecular complexity index is 2080. The minimum atomic E-state index is 1.11. The van der Waals surface area contributed by atoms with Gasteiger partial charge >= 0.3 is 0 Å². The number of anilines is 6. The van der Waals surface area contributed by atoms with E-state index in [4.69, 9.17) is 0 Å². The van der Waals surface area contributed by atoms with Crippen LogP contribution >= 0.6 is 0 Å². The molecular formula is C46H34N2. The molecule has 0 aromatic heterocycles. The quantitative estimate of drug-likeness (QED) is 0.168. The first-order chi connectivity index (χ1) is 23.8. The SMILES string of the molecule is c1ccc(-c2ccc(N(c3ccccc3)c3ccc(N(c4ccccc4)c4ccc(-c5ccccc5)cc4)c4ccccc34)cc2)cc1. The summed E-state index contributed by atoms with van der Waals surface area (Å²) in [4.78, 5) is 4.73. The number of hydrogen-bond acceptors (Lipinski definition) is 2. The lowest BCUT2D eigenvalue weighted by molar-refractivity contribution is 1.28. The summed E-state index contributed by atoms with van der Waals surface area (Å²) in [5, 5.41) is 2.35. The Morgan fingerprint density at radius 1 is 0.208 bits per heavy atom. The zero-order chi connectivity index (χ0) is 32.1. The van der Waals surface area contributed by atoms with E-state index in [0.29, 0.717) is 0 Å². The fraction of sp³-hybridized carbons (Fsp3) is 0. The van der Waals surface area contributed by atoms with Crippen molar-refractivity contribution in [2.24, 2.45) is 0 Å². The Morgan fingerprint density at radius 2 is 0.479 bits per heavy atom. The van der Waals surface area contributed by atoms with Crippen molar-refractivity contribution in [2.75, 3.05) is 9.80 Å². The van der Waals surface area contributed by atoms with E-state index in [-0.39, 0.29) is 0 Å². The average Bonchev–Trinajstić information content (AvgIpc) is 3.18. The third-order valence-electron chi connectivity index (χ3n) is 8.85. The molecule has 8 aromatic rings. The molecule has 0 saturated carbocycles. The van der Waals surface area contributed by atoms with Crippen LogP contribution in [0, 0.1) is 0 Å². The van der Waals surface area contributed by atoms with Crippen LogP contribution in [-0.4, -0.2) is 0 Å². The molecule has 0 aliphatic rings. The summed E-state index contributed by atoms with van der Waals surface area (Å²) < 4.78 is 0. The Labute approximate surface area is 282 Å². The number of nitrogens with zero attached hydrogens (tertiary/aromatic N) is 2. The Kier molecular flexibility index (Phi) is 7.96. The number of hydrogen-bond donors (Lipinski definition) is 0. The first-order valence-corrected chi connectivity index (χ1v) is 16.4. The highest BCUT2D eigenvalue weighted by Crippen LogP contribution is 2.45. The number of fused-ring (bicyclic) bond motifs is 1. The molecule has 8 aromatic carbocycles. The second-order valence-corrected chi connectivity index (χ2v) is 11.8. The molecule has 0 atom stereocenters. The first-order valence-electron chi connectivity index (χ1n) is 16.4. The first kappa shape index (κ1) is 29.1. The summed E-state index contributed by atoms with van der Waals surface area (Å²) in [7, 11) is 0. The van der Waals surface area contributed by atoms with Crippen molar-refractivity contribution < 1.29 is 0 Å². The van der Waals surface area contributed by atoms with Gasteiger partial charge in [-0.2, -0.15) is 0 Å². The van der Waals surface area contributed by atoms with Crippen LogP contribution in [0.4, 0.5) is 34.1 Å². The third kappa shape index (κ3) is 5.72. The van der Waals surface area contributed by atoms with E-state index in [1.165, 1.54) is 33.0 Å². The molecule has 0 unspecified atom stereocenters. The zero-order valence-corrected chi connectivity index (χ0v) is 26.5. The van der Waals surface area contributed by atoms with Gasteiger partial charge in [0.1, 0.15) is 0 Å². The average molecular weight is 615 g/mol. The molecule has 2 nitrogen and oxygen atoms in total. The molecule has 2 heteroatoms. The molecule has 0 heterocycles. The molecule has 0 spiro atoms. The van der Waals surface area contributed by atoms with Gasteiger partial charge in [-0.15, -0.1) is 0 Å². The monoisotopic (exact) mass is 614 g/mol. The van der Waals surface area contributed by atoms with Crippen LogP contribution in [-0.2, 0) is 0 Å². The molecule has 8 rings (SSSR count). The van der Waals surface area contributed by atoms with Crippen molar-refractivity contribution in [3.05, 3.63) is 206 Å². The highest BCUT2D eigenvalue weighted by Gasteiger charge is 2.20. The number of benzene rings is 8. The molecule has 0 aliphatic heterocycles. The van der Waals surface area contributed by atoms with Crippen molar-refractivity contribution in [1.29, 1.82) is 0 Å². The standard InChI is InChI=1S/C46H34N2/c1-5-15-35(16-6-1)37-25-29-41(30-26-37)47(39-19-9-3-10-20-39)45-33-34-46(44-24-14-13-23-43(44)45)48(40-21-11-4-12-22-40)42-31-27-38(28-32-42)36-17-7-2-8-18-36/h1-34H. The summed E-state index contributed by atoms with van der Waals surface area (Å²) in [6.45, 7) is 0. The fourth-order valence-electron chi connectivity index (χ4n) is 6.53. The Hall–Kier alpha value is -6.38. The summed E-state index contributed by atoms with van der Waals surface area (Å²) in [6.07, 6.45) is 0. The minimum Gasteiger partial charge on any atom is -0.310 e. The van der Waals surface area contributed by atoms with Crippen LogP contribution in [0.5, 0.6) is 0 Å². The molecule has 0 radical (unpaired) electrons. The van der Waals surface area contributed by atoms with E-state index in [1.807, 2.05) is 0 Å². The molecule has 0 aliphatic carbocycles. The van der Waals surface area contributed by atoms with Gasteiger partial charge < -0.3 is 9.80 Å². The van der Waals surface area contributed by atoms with E-state index in [0.717, 1.165) is 34.1 Å². The van der Waals surface area contributed by atoms with Gasteiger partial charge in [0.2, 0.25) is 0 Å².